The van der Waals surface area contributed by atoms with Gasteiger partial charge in [-0.2, -0.15) is 0 Å². The first-order chi connectivity index (χ1) is 6.29. The van der Waals surface area contributed by atoms with Gasteiger partial charge >= 0.3 is 0 Å². The van der Waals surface area contributed by atoms with Gasteiger partial charge < -0.3 is 4.90 Å². The molecule has 84 valence electrons. The van der Waals surface area contributed by atoms with E-state index in [9.17, 15) is 4.79 Å². The maximum absolute atomic E-state index is 11.3. The molecule has 0 spiro atoms. The highest BCUT2D eigenvalue weighted by molar-refractivity contribution is 5.81. The van der Waals surface area contributed by atoms with Crippen molar-refractivity contribution < 1.29 is 4.79 Å². The zero-order valence-electron chi connectivity index (χ0n) is 10.6. The smallest absolute Gasteiger partial charge is 0.136 e. The number of carbonyl (C=O) groups is 1. The van der Waals surface area contributed by atoms with Crippen LogP contribution in [-0.2, 0) is 4.79 Å². The van der Waals surface area contributed by atoms with Gasteiger partial charge in [0, 0.05) is 18.5 Å². The summed E-state index contributed by atoms with van der Waals surface area (Å²) in [6, 6.07) is 0. The molecule has 0 aliphatic heterocycles. The van der Waals surface area contributed by atoms with Crippen molar-refractivity contribution in [2.75, 3.05) is 20.1 Å². The number of rotatable bonds is 6. The Hall–Kier alpha value is -0.370. The van der Waals surface area contributed by atoms with E-state index in [-0.39, 0.29) is 11.2 Å². The summed E-state index contributed by atoms with van der Waals surface area (Å²) in [5.41, 5.74) is -0.206. The number of hydrogen-bond donors (Lipinski definition) is 0. The fourth-order valence-corrected chi connectivity index (χ4v) is 1.51. The van der Waals surface area contributed by atoms with E-state index in [0.717, 1.165) is 13.1 Å². The number of Topliss-reactive ketones (excluding diaryl/α,β-unsaturated/α-hetero) is 1. The van der Waals surface area contributed by atoms with Gasteiger partial charge in [0.05, 0.1) is 0 Å². The van der Waals surface area contributed by atoms with Crippen LogP contribution >= 0.6 is 0 Å². The van der Waals surface area contributed by atoms with Gasteiger partial charge in [0.1, 0.15) is 5.78 Å². The molecule has 14 heavy (non-hydrogen) atoms. The van der Waals surface area contributed by atoms with E-state index in [4.69, 9.17) is 0 Å². The van der Waals surface area contributed by atoms with Gasteiger partial charge in [-0.15, -0.1) is 0 Å². The Kier molecular flexibility index (Phi) is 5.35. The van der Waals surface area contributed by atoms with Crippen molar-refractivity contribution >= 4 is 5.78 Å². The van der Waals surface area contributed by atoms with E-state index < -0.39 is 0 Å². The van der Waals surface area contributed by atoms with Crippen LogP contribution in [0.25, 0.3) is 0 Å². The minimum atomic E-state index is -0.206. The third-order valence-corrected chi connectivity index (χ3v) is 2.94. The van der Waals surface area contributed by atoms with E-state index in [1.165, 1.54) is 6.42 Å². The molecule has 0 bridgehead atoms. The number of hydrogen-bond acceptors (Lipinski definition) is 2. The number of carbonyl (C=O) groups excluding carboxylic acids is 1. The lowest BCUT2D eigenvalue weighted by Gasteiger charge is -2.29. The van der Waals surface area contributed by atoms with E-state index in [1.54, 1.807) is 6.92 Å². The van der Waals surface area contributed by atoms with Crippen molar-refractivity contribution in [1.29, 1.82) is 0 Å². The van der Waals surface area contributed by atoms with Gasteiger partial charge in [-0.3, -0.25) is 4.79 Å². The molecule has 0 aromatic rings. The predicted molar refractivity (Wildman–Crippen MR) is 61.4 cm³/mol. The maximum atomic E-state index is 11.3. The molecule has 1 unspecified atom stereocenters. The Morgan fingerprint density at radius 2 is 1.93 bits per heavy atom. The lowest BCUT2D eigenvalue weighted by Crippen LogP contribution is -2.38. The normalized spacial score (nSPS) is 14.5. The Balaban J connectivity index is 4.05. The molecule has 0 fully saturated rings. The number of nitrogens with zero attached hydrogens (tertiary/aromatic N) is 1. The second kappa shape index (κ2) is 5.50. The molecule has 0 aliphatic rings. The molecule has 0 aromatic carbocycles. The van der Waals surface area contributed by atoms with Crippen LogP contribution in [0.15, 0.2) is 0 Å². The first-order valence-electron chi connectivity index (χ1n) is 5.49. The van der Waals surface area contributed by atoms with Crippen molar-refractivity contribution in [2.45, 2.75) is 41.0 Å². The molecule has 0 aromatic heterocycles. The SMILES string of the molecule is CCC(C)CN(C)CC(C)(C)C(C)=O. The second-order valence-electron chi connectivity index (χ2n) is 5.15. The Labute approximate surface area is 88.7 Å². The summed E-state index contributed by atoms with van der Waals surface area (Å²) in [4.78, 5) is 13.6. The quantitative estimate of drug-likeness (QED) is 0.655. The van der Waals surface area contributed by atoms with Gasteiger partial charge in [-0.05, 0) is 19.9 Å². The Morgan fingerprint density at radius 3 is 2.29 bits per heavy atom. The molecule has 0 heterocycles. The van der Waals surface area contributed by atoms with E-state index >= 15 is 0 Å². The molecule has 1 atom stereocenters. The van der Waals surface area contributed by atoms with E-state index in [0.29, 0.717) is 5.92 Å². The van der Waals surface area contributed by atoms with E-state index in [2.05, 4.69) is 25.8 Å². The summed E-state index contributed by atoms with van der Waals surface area (Å²) in [7, 11) is 2.09. The molecule has 0 saturated heterocycles. The number of ketones is 1. The molecule has 0 aliphatic carbocycles. The highest BCUT2D eigenvalue weighted by Crippen LogP contribution is 2.18. The highest BCUT2D eigenvalue weighted by Gasteiger charge is 2.25. The van der Waals surface area contributed by atoms with Gasteiger partial charge in [0.15, 0.2) is 0 Å². The summed E-state index contributed by atoms with van der Waals surface area (Å²) in [6.07, 6.45) is 1.20. The van der Waals surface area contributed by atoms with Crippen molar-refractivity contribution in [3.63, 3.8) is 0 Å². The second-order valence-corrected chi connectivity index (χ2v) is 5.15. The van der Waals surface area contributed by atoms with Gasteiger partial charge in [-0.1, -0.05) is 34.1 Å². The first kappa shape index (κ1) is 13.6. The minimum Gasteiger partial charge on any atom is -0.305 e. The molecule has 0 amide bonds. The van der Waals surface area contributed by atoms with Crippen molar-refractivity contribution in [3.8, 4) is 0 Å². The van der Waals surface area contributed by atoms with Crippen LogP contribution in [0.1, 0.15) is 41.0 Å². The summed E-state index contributed by atoms with van der Waals surface area (Å²) in [5, 5.41) is 0. The van der Waals surface area contributed by atoms with Gasteiger partial charge in [0.25, 0.3) is 0 Å². The largest absolute Gasteiger partial charge is 0.305 e. The van der Waals surface area contributed by atoms with Crippen LogP contribution in [0.5, 0.6) is 0 Å². The molecule has 0 N–H and O–H groups in total. The summed E-state index contributed by atoms with van der Waals surface area (Å²) >= 11 is 0. The van der Waals surface area contributed by atoms with Crippen LogP contribution in [-0.4, -0.2) is 30.8 Å². The average molecular weight is 199 g/mol. The Bertz CT molecular complexity index is 187. The van der Waals surface area contributed by atoms with Crippen molar-refractivity contribution in [3.05, 3.63) is 0 Å². The first-order valence-corrected chi connectivity index (χ1v) is 5.49. The lowest BCUT2D eigenvalue weighted by atomic mass is 9.88. The Morgan fingerprint density at radius 1 is 1.43 bits per heavy atom. The van der Waals surface area contributed by atoms with Crippen molar-refractivity contribution in [1.82, 2.24) is 4.90 Å². The van der Waals surface area contributed by atoms with Crippen molar-refractivity contribution in [2.24, 2.45) is 11.3 Å². The molecule has 0 radical (unpaired) electrons. The lowest BCUT2D eigenvalue weighted by molar-refractivity contribution is -0.125. The molecular formula is C12H25NO. The monoisotopic (exact) mass is 199 g/mol. The van der Waals surface area contributed by atoms with Crippen LogP contribution in [0.4, 0.5) is 0 Å². The fourth-order valence-electron chi connectivity index (χ4n) is 1.51. The highest BCUT2D eigenvalue weighted by atomic mass is 16.1. The topological polar surface area (TPSA) is 20.3 Å². The third-order valence-electron chi connectivity index (χ3n) is 2.94. The standard InChI is InChI=1S/C12H25NO/c1-7-10(2)8-13(6)9-12(4,5)11(3)14/h10H,7-9H2,1-6H3. The minimum absolute atomic E-state index is 0.206. The molecule has 2 heteroatoms. The van der Waals surface area contributed by atoms with E-state index in [1.807, 2.05) is 13.8 Å². The van der Waals surface area contributed by atoms with Gasteiger partial charge in [-0.25, -0.2) is 0 Å². The zero-order chi connectivity index (χ0) is 11.4. The molecule has 2 nitrogen and oxygen atoms in total. The zero-order valence-corrected chi connectivity index (χ0v) is 10.6. The summed E-state index contributed by atoms with van der Waals surface area (Å²) in [6.45, 7) is 12.1. The average Bonchev–Trinajstić information content (AvgIpc) is 2.02. The fraction of sp³-hybridized carbons (Fsp3) is 0.917. The molecule has 0 rings (SSSR count). The summed E-state index contributed by atoms with van der Waals surface area (Å²) in [5.74, 6) is 0.983. The van der Waals surface area contributed by atoms with Crippen LogP contribution < -0.4 is 0 Å². The summed E-state index contributed by atoms with van der Waals surface area (Å²) < 4.78 is 0. The van der Waals surface area contributed by atoms with Gasteiger partial charge in [0.2, 0.25) is 0 Å². The van der Waals surface area contributed by atoms with Crippen LogP contribution in [0, 0.1) is 11.3 Å². The molecular weight excluding hydrogens is 174 g/mol. The molecule has 0 saturated carbocycles. The van der Waals surface area contributed by atoms with Crippen LogP contribution in [0.3, 0.4) is 0 Å². The predicted octanol–water partition coefficient (Wildman–Crippen LogP) is 2.58. The van der Waals surface area contributed by atoms with Crippen LogP contribution in [0.2, 0.25) is 0 Å². The maximum Gasteiger partial charge on any atom is 0.136 e. The third kappa shape index (κ3) is 4.75.